The molecule has 1 aliphatic rings. The number of carbonyl (C=O) groups is 1. The van der Waals surface area contributed by atoms with E-state index in [1.54, 1.807) is 17.0 Å². The van der Waals surface area contributed by atoms with Gasteiger partial charge in [0.2, 0.25) is 0 Å². The van der Waals surface area contributed by atoms with Crippen molar-refractivity contribution < 1.29 is 27.4 Å². The molecule has 1 aliphatic carbocycles. The van der Waals surface area contributed by atoms with Crippen LogP contribution in [0, 0.1) is 0 Å². The Morgan fingerprint density at radius 2 is 1.64 bits per heavy atom. The molecule has 1 fully saturated rings. The summed E-state index contributed by atoms with van der Waals surface area (Å²) in [6, 6.07) is 8.22. The maximum Gasteiger partial charge on any atom is 0.416 e. The molecule has 0 spiro atoms. The topological polar surface area (TPSA) is 38.8 Å². The molecule has 28 heavy (non-hydrogen) atoms. The van der Waals surface area contributed by atoms with E-state index in [1.807, 2.05) is 0 Å². The number of hydrogen-bond acceptors (Lipinski definition) is 3. The smallest absolute Gasteiger partial charge is 0.416 e. The first-order valence-corrected chi connectivity index (χ1v) is 9.42. The van der Waals surface area contributed by atoms with Crippen LogP contribution >= 0.6 is 15.9 Å². The highest BCUT2D eigenvalue weighted by Gasteiger charge is 2.34. The summed E-state index contributed by atoms with van der Waals surface area (Å²) in [7, 11) is 2.99. The van der Waals surface area contributed by atoms with E-state index in [0.29, 0.717) is 27.1 Å². The van der Waals surface area contributed by atoms with Crippen LogP contribution in [0.1, 0.15) is 34.3 Å². The number of alkyl halides is 3. The van der Waals surface area contributed by atoms with Gasteiger partial charge in [0.15, 0.2) is 0 Å². The van der Waals surface area contributed by atoms with E-state index in [1.165, 1.54) is 26.4 Å². The highest BCUT2D eigenvalue weighted by molar-refractivity contribution is 9.10. The van der Waals surface area contributed by atoms with Gasteiger partial charge in [-0.05, 0) is 58.6 Å². The SMILES string of the molecule is COc1cc(C(=O)N(Cc2ccc(C(F)(F)F)cc2)C2CC2)cc(OC)c1Br. The molecule has 8 heteroatoms. The van der Waals surface area contributed by atoms with E-state index >= 15 is 0 Å². The Hall–Kier alpha value is -2.22. The van der Waals surface area contributed by atoms with Crippen molar-refractivity contribution in [3.63, 3.8) is 0 Å². The van der Waals surface area contributed by atoms with Crippen LogP contribution in [0.15, 0.2) is 40.9 Å². The quantitative estimate of drug-likeness (QED) is 0.591. The first-order chi connectivity index (χ1) is 13.2. The van der Waals surface area contributed by atoms with Crippen LogP contribution in [-0.4, -0.2) is 31.1 Å². The zero-order chi connectivity index (χ0) is 20.5. The highest BCUT2D eigenvalue weighted by Crippen LogP contribution is 2.37. The third-order valence-corrected chi connectivity index (χ3v) is 5.36. The zero-order valence-electron chi connectivity index (χ0n) is 15.3. The number of carbonyl (C=O) groups excluding carboxylic acids is 1. The molecule has 0 atom stereocenters. The minimum absolute atomic E-state index is 0.0791. The van der Waals surface area contributed by atoms with E-state index in [2.05, 4.69) is 15.9 Å². The van der Waals surface area contributed by atoms with Gasteiger partial charge in [0.25, 0.3) is 5.91 Å². The minimum Gasteiger partial charge on any atom is -0.495 e. The second-order valence-electron chi connectivity index (χ2n) is 6.55. The molecule has 0 unspecified atom stereocenters. The number of hydrogen-bond donors (Lipinski definition) is 0. The van der Waals surface area contributed by atoms with E-state index in [9.17, 15) is 18.0 Å². The maximum atomic E-state index is 13.1. The average molecular weight is 458 g/mol. The van der Waals surface area contributed by atoms with Crippen LogP contribution in [0.2, 0.25) is 0 Å². The predicted octanol–water partition coefficient (Wildman–Crippen LogP) is 5.29. The first kappa shape index (κ1) is 20.5. The Morgan fingerprint density at radius 3 is 2.07 bits per heavy atom. The van der Waals surface area contributed by atoms with E-state index in [-0.39, 0.29) is 18.5 Å². The van der Waals surface area contributed by atoms with Gasteiger partial charge in [-0.1, -0.05) is 12.1 Å². The minimum atomic E-state index is -4.38. The molecule has 2 aromatic carbocycles. The summed E-state index contributed by atoms with van der Waals surface area (Å²) in [5, 5.41) is 0. The second kappa shape index (κ2) is 8.03. The second-order valence-corrected chi connectivity index (χ2v) is 7.35. The maximum absolute atomic E-state index is 13.1. The molecular formula is C20H19BrF3NO3. The van der Waals surface area contributed by atoms with Gasteiger partial charge in [-0.15, -0.1) is 0 Å². The Balaban J connectivity index is 1.86. The van der Waals surface area contributed by atoms with Crippen molar-refractivity contribution in [3.8, 4) is 11.5 Å². The number of nitrogens with zero attached hydrogens (tertiary/aromatic N) is 1. The molecule has 4 nitrogen and oxygen atoms in total. The Morgan fingerprint density at radius 1 is 1.11 bits per heavy atom. The summed E-state index contributed by atoms with van der Waals surface area (Å²) in [5.41, 5.74) is 0.336. The number of benzene rings is 2. The predicted molar refractivity (Wildman–Crippen MR) is 102 cm³/mol. The third kappa shape index (κ3) is 4.43. The normalized spacial score (nSPS) is 13.9. The number of halogens is 4. The molecule has 0 aromatic heterocycles. The average Bonchev–Trinajstić information content (AvgIpc) is 3.50. The van der Waals surface area contributed by atoms with Crippen molar-refractivity contribution in [3.05, 3.63) is 57.6 Å². The van der Waals surface area contributed by atoms with Crippen molar-refractivity contribution in [1.29, 1.82) is 0 Å². The summed E-state index contributed by atoms with van der Waals surface area (Å²) in [6.07, 6.45) is -2.64. The molecular weight excluding hydrogens is 439 g/mol. The van der Waals surface area contributed by atoms with Crippen molar-refractivity contribution in [2.24, 2.45) is 0 Å². The molecule has 0 saturated heterocycles. The molecule has 0 aliphatic heterocycles. The lowest BCUT2D eigenvalue weighted by Gasteiger charge is -2.23. The first-order valence-electron chi connectivity index (χ1n) is 8.63. The lowest BCUT2D eigenvalue weighted by atomic mass is 10.1. The van der Waals surface area contributed by atoms with Gasteiger partial charge in [0.05, 0.1) is 19.8 Å². The molecule has 1 amide bonds. The fourth-order valence-electron chi connectivity index (χ4n) is 2.91. The Kier molecular flexibility index (Phi) is 5.88. The van der Waals surface area contributed by atoms with Gasteiger partial charge in [-0.2, -0.15) is 13.2 Å². The lowest BCUT2D eigenvalue weighted by molar-refractivity contribution is -0.137. The Labute approximate surface area is 169 Å². The lowest BCUT2D eigenvalue weighted by Crippen LogP contribution is -2.32. The largest absolute Gasteiger partial charge is 0.495 e. The van der Waals surface area contributed by atoms with Crippen molar-refractivity contribution >= 4 is 21.8 Å². The molecule has 1 saturated carbocycles. The zero-order valence-corrected chi connectivity index (χ0v) is 16.9. The highest BCUT2D eigenvalue weighted by atomic mass is 79.9. The third-order valence-electron chi connectivity index (χ3n) is 4.58. The van der Waals surface area contributed by atoms with E-state index in [4.69, 9.17) is 9.47 Å². The van der Waals surface area contributed by atoms with Gasteiger partial charge >= 0.3 is 6.18 Å². The Bertz CT molecular complexity index is 839. The molecule has 0 bridgehead atoms. The van der Waals surface area contributed by atoms with Crippen LogP contribution < -0.4 is 9.47 Å². The van der Waals surface area contributed by atoms with E-state index < -0.39 is 11.7 Å². The monoisotopic (exact) mass is 457 g/mol. The van der Waals surface area contributed by atoms with Crippen molar-refractivity contribution in [2.75, 3.05) is 14.2 Å². The summed E-state index contributed by atoms with van der Waals surface area (Å²) in [6.45, 7) is 0.238. The molecule has 0 heterocycles. The number of methoxy groups -OCH3 is 2. The number of rotatable bonds is 6. The summed E-state index contributed by atoms with van der Waals surface area (Å²) in [5.74, 6) is 0.715. The molecule has 0 radical (unpaired) electrons. The van der Waals surface area contributed by atoms with Gasteiger partial charge in [0.1, 0.15) is 16.0 Å². The molecule has 0 N–H and O–H groups in total. The van der Waals surface area contributed by atoms with Crippen LogP contribution in [0.4, 0.5) is 13.2 Å². The summed E-state index contributed by atoms with van der Waals surface area (Å²) >= 11 is 3.37. The fraction of sp³-hybridized carbons (Fsp3) is 0.350. The van der Waals surface area contributed by atoms with Crippen molar-refractivity contribution in [1.82, 2.24) is 4.90 Å². The van der Waals surface area contributed by atoms with Gasteiger partial charge in [-0.3, -0.25) is 4.79 Å². The van der Waals surface area contributed by atoms with Gasteiger partial charge < -0.3 is 14.4 Å². The van der Waals surface area contributed by atoms with Crippen LogP contribution in [0.25, 0.3) is 0 Å². The van der Waals surface area contributed by atoms with Crippen LogP contribution in [0.5, 0.6) is 11.5 Å². The summed E-state index contributed by atoms with van der Waals surface area (Å²) in [4.78, 5) is 14.8. The molecule has 3 rings (SSSR count). The van der Waals surface area contributed by atoms with Crippen LogP contribution in [-0.2, 0) is 12.7 Å². The molecule has 150 valence electrons. The van der Waals surface area contributed by atoms with E-state index in [0.717, 1.165) is 25.0 Å². The summed E-state index contributed by atoms with van der Waals surface area (Å²) < 4.78 is 49.5. The fourth-order valence-corrected chi connectivity index (χ4v) is 3.46. The molecule has 2 aromatic rings. The van der Waals surface area contributed by atoms with Crippen molar-refractivity contribution in [2.45, 2.75) is 31.6 Å². The van der Waals surface area contributed by atoms with Crippen LogP contribution in [0.3, 0.4) is 0 Å². The number of ether oxygens (including phenoxy) is 2. The number of amides is 1. The van der Waals surface area contributed by atoms with Gasteiger partial charge in [0, 0.05) is 18.2 Å². The van der Waals surface area contributed by atoms with Gasteiger partial charge in [-0.25, -0.2) is 0 Å². The standard InChI is InChI=1S/C20H19BrF3NO3/c1-27-16-9-13(10-17(28-2)18(16)21)19(26)25(15-7-8-15)11-12-3-5-14(6-4-12)20(22,23)24/h3-6,9-10,15H,7-8,11H2,1-2H3.